The van der Waals surface area contributed by atoms with Gasteiger partial charge in [0.25, 0.3) is 5.91 Å². The monoisotopic (exact) mass is 425 g/mol. The molecule has 0 bridgehead atoms. The number of hydrogen-bond acceptors (Lipinski definition) is 4. The summed E-state index contributed by atoms with van der Waals surface area (Å²) in [4.78, 5) is 27.6. The number of rotatable bonds is 7. The highest BCUT2D eigenvalue weighted by molar-refractivity contribution is 6.30. The molecule has 1 amide bonds. The summed E-state index contributed by atoms with van der Waals surface area (Å²) < 4.78 is 5.70. The van der Waals surface area contributed by atoms with Crippen molar-refractivity contribution in [2.24, 2.45) is 0 Å². The molecule has 2 unspecified atom stereocenters. The summed E-state index contributed by atoms with van der Waals surface area (Å²) in [6, 6.07) is 16.1. The Morgan fingerprint density at radius 2 is 1.87 bits per heavy atom. The predicted octanol–water partition coefficient (Wildman–Crippen LogP) is 4.42. The van der Waals surface area contributed by atoms with Crippen LogP contribution in [0.25, 0.3) is 0 Å². The van der Waals surface area contributed by atoms with Gasteiger partial charge in [-0.25, -0.2) is 0 Å². The lowest BCUT2D eigenvalue weighted by molar-refractivity contribution is -0.131. The first-order valence-corrected chi connectivity index (χ1v) is 10.6. The van der Waals surface area contributed by atoms with Gasteiger partial charge in [0.15, 0.2) is 11.5 Å². The number of halogens is 1. The molecule has 4 rings (SSSR count). The first-order chi connectivity index (χ1) is 14.5. The third-order valence-corrected chi connectivity index (χ3v) is 5.95. The minimum absolute atomic E-state index is 0.0877. The van der Waals surface area contributed by atoms with E-state index in [0.29, 0.717) is 24.6 Å². The molecule has 2 aliphatic heterocycles. The number of ketones is 1. The zero-order valence-electron chi connectivity index (χ0n) is 16.6. The lowest BCUT2D eigenvalue weighted by atomic mass is 9.93. The van der Waals surface area contributed by atoms with Gasteiger partial charge >= 0.3 is 0 Å². The summed E-state index contributed by atoms with van der Waals surface area (Å²) in [5, 5.41) is 11.2. The van der Waals surface area contributed by atoms with Gasteiger partial charge in [0.2, 0.25) is 0 Å². The minimum atomic E-state index is -0.637. The maximum Gasteiger partial charge on any atom is 0.290 e. The van der Waals surface area contributed by atoms with Crippen LogP contribution in [0.5, 0.6) is 0 Å². The fourth-order valence-electron chi connectivity index (χ4n) is 4.16. The summed E-state index contributed by atoms with van der Waals surface area (Å²) in [7, 11) is 0. The van der Waals surface area contributed by atoms with Gasteiger partial charge in [0.1, 0.15) is 0 Å². The van der Waals surface area contributed by atoms with Crippen molar-refractivity contribution in [3.05, 3.63) is 82.1 Å². The molecule has 0 radical (unpaired) electrons. The Kier molecular flexibility index (Phi) is 6.21. The molecule has 2 aromatic rings. The number of nitrogens with zero attached hydrogens (tertiary/aromatic N) is 1. The van der Waals surface area contributed by atoms with E-state index in [9.17, 15) is 14.7 Å². The van der Waals surface area contributed by atoms with Gasteiger partial charge in [-0.3, -0.25) is 9.59 Å². The van der Waals surface area contributed by atoms with E-state index in [-0.39, 0.29) is 23.9 Å². The predicted molar refractivity (Wildman–Crippen MR) is 114 cm³/mol. The number of ether oxygens (including phenoxy) is 1. The maximum absolute atomic E-state index is 13.2. The second-order valence-corrected chi connectivity index (χ2v) is 8.15. The summed E-state index contributed by atoms with van der Waals surface area (Å²) in [6.45, 7) is 1.01. The number of benzene rings is 2. The molecule has 1 fully saturated rings. The highest BCUT2D eigenvalue weighted by Crippen LogP contribution is 2.39. The molecule has 156 valence electrons. The van der Waals surface area contributed by atoms with Crippen molar-refractivity contribution < 1.29 is 19.4 Å². The van der Waals surface area contributed by atoms with Crippen LogP contribution >= 0.6 is 11.6 Å². The van der Waals surface area contributed by atoms with Crippen molar-refractivity contribution in [3.8, 4) is 0 Å². The third kappa shape index (κ3) is 4.27. The van der Waals surface area contributed by atoms with Crippen LogP contribution in [0, 0.1) is 0 Å². The third-order valence-electron chi connectivity index (χ3n) is 5.70. The molecule has 30 heavy (non-hydrogen) atoms. The van der Waals surface area contributed by atoms with Crippen LogP contribution in [0.2, 0.25) is 5.02 Å². The van der Waals surface area contributed by atoms with Gasteiger partial charge < -0.3 is 14.7 Å². The first-order valence-electron chi connectivity index (χ1n) is 10.2. The zero-order chi connectivity index (χ0) is 21.1. The molecule has 2 aliphatic rings. The number of aliphatic hydroxyl groups excluding tert-OH is 1. The van der Waals surface area contributed by atoms with Gasteiger partial charge in [0, 0.05) is 24.6 Å². The van der Waals surface area contributed by atoms with Gasteiger partial charge in [-0.15, -0.1) is 0 Å². The van der Waals surface area contributed by atoms with Crippen LogP contribution < -0.4 is 0 Å². The number of hydrogen-bond donors (Lipinski definition) is 1. The van der Waals surface area contributed by atoms with Crippen LogP contribution in [0.4, 0.5) is 0 Å². The lowest BCUT2D eigenvalue weighted by Crippen LogP contribution is -2.37. The summed E-state index contributed by atoms with van der Waals surface area (Å²) in [5.41, 5.74) is 1.95. The number of aliphatic hydroxyl groups is 1. The van der Waals surface area contributed by atoms with E-state index in [0.717, 1.165) is 24.0 Å². The van der Waals surface area contributed by atoms with Crippen LogP contribution in [0.15, 0.2) is 65.9 Å². The van der Waals surface area contributed by atoms with Gasteiger partial charge in [0.05, 0.1) is 17.7 Å². The van der Waals surface area contributed by atoms with Crippen LogP contribution in [0.3, 0.4) is 0 Å². The highest BCUT2D eigenvalue weighted by atomic mass is 35.5. The Morgan fingerprint density at radius 3 is 2.53 bits per heavy atom. The van der Waals surface area contributed by atoms with Crippen molar-refractivity contribution in [3.63, 3.8) is 0 Å². The van der Waals surface area contributed by atoms with E-state index < -0.39 is 17.7 Å². The zero-order valence-corrected chi connectivity index (χ0v) is 17.3. The average Bonchev–Trinajstić information content (AvgIpc) is 3.36. The molecule has 6 heteroatoms. The van der Waals surface area contributed by atoms with E-state index in [1.54, 1.807) is 29.2 Å². The minimum Gasteiger partial charge on any atom is -0.503 e. The van der Waals surface area contributed by atoms with Gasteiger partial charge in [-0.1, -0.05) is 54.1 Å². The molecular formula is C24H24ClNO4. The van der Waals surface area contributed by atoms with Crippen molar-refractivity contribution in [2.75, 3.05) is 13.2 Å². The van der Waals surface area contributed by atoms with Crippen LogP contribution in [0.1, 0.15) is 36.4 Å². The molecule has 0 aromatic heterocycles. The molecule has 1 N–H and O–H groups in total. The molecular weight excluding hydrogens is 402 g/mol. The quantitative estimate of drug-likeness (QED) is 0.713. The van der Waals surface area contributed by atoms with Gasteiger partial charge in [-0.05, 0) is 42.5 Å². The van der Waals surface area contributed by atoms with Crippen molar-refractivity contribution in [1.29, 1.82) is 0 Å². The van der Waals surface area contributed by atoms with Crippen molar-refractivity contribution in [2.45, 2.75) is 37.8 Å². The van der Waals surface area contributed by atoms with Crippen LogP contribution in [-0.2, 0) is 20.7 Å². The Balaban J connectivity index is 1.62. The highest BCUT2D eigenvalue weighted by Gasteiger charge is 2.44. The summed E-state index contributed by atoms with van der Waals surface area (Å²) in [5.74, 6) is -1.20. The lowest BCUT2D eigenvalue weighted by Gasteiger charge is -2.29. The van der Waals surface area contributed by atoms with Gasteiger partial charge in [-0.2, -0.15) is 0 Å². The normalized spacial score (nSPS) is 21.5. The number of carbonyl (C=O) groups is 2. The van der Waals surface area contributed by atoms with E-state index in [2.05, 4.69) is 0 Å². The Hall–Kier alpha value is -2.63. The van der Waals surface area contributed by atoms with Crippen LogP contribution in [-0.4, -0.2) is 41.0 Å². The Labute approximate surface area is 180 Å². The second-order valence-electron chi connectivity index (χ2n) is 7.72. The smallest absolute Gasteiger partial charge is 0.290 e. The Bertz CT molecular complexity index is 949. The standard InChI is InChI=1S/C24H24ClNO4/c25-18-11-9-17(10-12-18)22-21(20(27)13-8-16-5-2-1-3-6-16)23(28)24(29)26(22)15-19-7-4-14-30-19/h1-3,5-6,9-12,19,22,28H,4,7-8,13-15H2. The fourth-order valence-corrected chi connectivity index (χ4v) is 4.29. The first kappa shape index (κ1) is 20.6. The largest absolute Gasteiger partial charge is 0.503 e. The number of Topliss-reactive ketones (excluding diaryl/α,β-unsaturated/α-hetero) is 1. The molecule has 0 saturated carbocycles. The Morgan fingerprint density at radius 1 is 1.13 bits per heavy atom. The SMILES string of the molecule is O=C(CCc1ccccc1)C1=C(O)C(=O)N(CC2CCCO2)C1c1ccc(Cl)cc1. The van der Waals surface area contributed by atoms with Crippen molar-refractivity contribution >= 4 is 23.3 Å². The topological polar surface area (TPSA) is 66.8 Å². The molecule has 0 aliphatic carbocycles. The van der Waals surface area contributed by atoms with E-state index in [1.807, 2.05) is 30.3 Å². The number of carbonyl (C=O) groups excluding carboxylic acids is 2. The van der Waals surface area contributed by atoms with Crippen molar-refractivity contribution in [1.82, 2.24) is 4.90 Å². The fraction of sp³-hybridized carbons (Fsp3) is 0.333. The summed E-state index contributed by atoms with van der Waals surface area (Å²) >= 11 is 6.04. The molecule has 2 aromatic carbocycles. The second kappa shape index (κ2) is 9.02. The number of amides is 1. The maximum atomic E-state index is 13.2. The van der Waals surface area contributed by atoms with E-state index in [4.69, 9.17) is 16.3 Å². The molecule has 2 atom stereocenters. The molecule has 2 heterocycles. The summed E-state index contributed by atoms with van der Waals surface area (Å²) in [6.07, 6.45) is 2.48. The molecule has 5 nitrogen and oxygen atoms in total. The van der Waals surface area contributed by atoms with E-state index in [1.165, 1.54) is 0 Å². The van der Waals surface area contributed by atoms with E-state index >= 15 is 0 Å². The number of aryl methyl sites for hydroxylation is 1. The molecule has 0 spiro atoms. The average molecular weight is 426 g/mol. The molecule has 1 saturated heterocycles.